The average molecular weight is 355 g/mol. The Kier molecular flexibility index (Phi) is 4.88. The summed E-state index contributed by atoms with van der Waals surface area (Å²) < 4.78 is 25.1. The molecule has 0 unspecified atom stereocenters. The molecule has 6 nitrogen and oxygen atoms in total. The molecule has 134 valence electrons. The number of nitrogens with zero attached hydrogens (tertiary/aromatic N) is 2. The third kappa shape index (κ3) is 3.51. The second-order valence-corrected chi connectivity index (χ2v) is 5.58. The third-order valence-corrected chi connectivity index (χ3v) is 3.85. The fraction of sp³-hybridized carbons (Fsp3) is 0.158. The Labute approximate surface area is 150 Å². The van der Waals surface area contributed by atoms with Gasteiger partial charge < -0.3 is 14.8 Å². The molecule has 0 aliphatic heterocycles. The van der Waals surface area contributed by atoms with Crippen LogP contribution in [-0.2, 0) is 0 Å². The minimum Gasteiger partial charge on any atom is -0.497 e. The Bertz CT molecular complexity index is 936. The van der Waals surface area contributed by atoms with Gasteiger partial charge in [-0.1, -0.05) is 0 Å². The van der Waals surface area contributed by atoms with Gasteiger partial charge in [-0.25, -0.2) is 9.07 Å². The van der Waals surface area contributed by atoms with E-state index < -0.39 is 0 Å². The fourth-order valence-electron chi connectivity index (χ4n) is 2.52. The molecule has 7 heteroatoms. The number of hydrogen-bond donors (Lipinski definition) is 1. The van der Waals surface area contributed by atoms with Gasteiger partial charge in [0.1, 0.15) is 17.3 Å². The second kappa shape index (κ2) is 7.26. The number of amides is 1. The summed E-state index contributed by atoms with van der Waals surface area (Å²) in [7, 11) is 3.07. The summed E-state index contributed by atoms with van der Waals surface area (Å²) in [6, 6.07) is 12.6. The highest BCUT2D eigenvalue weighted by Crippen LogP contribution is 2.29. The molecular formula is C19H18FN3O3. The van der Waals surface area contributed by atoms with Crippen LogP contribution in [0.3, 0.4) is 0 Å². The first-order valence-electron chi connectivity index (χ1n) is 7.88. The number of aryl methyl sites for hydroxylation is 1. The van der Waals surface area contributed by atoms with E-state index >= 15 is 0 Å². The molecule has 3 rings (SSSR count). The summed E-state index contributed by atoms with van der Waals surface area (Å²) in [6.45, 7) is 1.82. The van der Waals surface area contributed by atoms with Crippen molar-refractivity contribution in [2.75, 3.05) is 19.5 Å². The number of methoxy groups -OCH3 is 2. The van der Waals surface area contributed by atoms with Crippen molar-refractivity contribution in [3.05, 3.63) is 65.7 Å². The predicted molar refractivity (Wildman–Crippen MR) is 95.8 cm³/mol. The minimum atomic E-state index is -0.377. The van der Waals surface area contributed by atoms with Gasteiger partial charge in [0, 0.05) is 11.8 Å². The number of nitrogens with one attached hydrogen (secondary N) is 1. The molecule has 0 aliphatic carbocycles. The molecular weight excluding hydrogens is 337 g/mol. The summed E-state index contributed by atoms with van der Waals surface area (Å²) in [5.41, 5.74) is 2.17. The summed E-state index contributed by atoms with van der Waals surface area (Å²) in [6.07, 6.45) is 0. The van der Waals surface area contributed by atoms with E-state index in [4.69, 9.17) is 9.47 Å². The lowest BCUT2D eigenvalue weighted by Crippen LogP contribution is -2.14. The molecule has 0 saturated heterocycles. The number of anilines is 1. The van der Waals surface area contributed by atoms with E-state index in [0.717, 1.165) is 5.69 Å². The van der Waals surface area contributed by atoms with E-state index in [1.165, 1.54) is 19.2 Å². The van der Waals surface area contributed by atoms with Crippen molar-refractivity contribution in [1.82, 2.24) is 9.78 Å². The summed E-state index contributed by atoms with van der Waals surface area (Å²) >= 11 is 0. The maximum Gasteiger partial charge on any atom is 0.276 e. The molecule has 26 heavy (non-hydrogen) atoms. The van der Waals surface area contributed by atoms with E-state index in [9.17, 15) is 9.18 Å². The Balaban J connectivity index is 1.85. The lowest BCUT2D eigenvalue weighted by molar-refractivity contribution is 0.102. The van der Waals surface area contributed by atoms with Crippen LogP contribution in [0.25, 0.3) is 5.69 Å². The smallest absolute Gasteiger partial charge is 0.276 e. The molecule has 3 aromatic rings. The molecule has 2 aromatic carbocycles. The van der Waals surface area contributed by atoms with E-state index in [1.807, 2.05) is 6.92 Å². The molecule has 0 bridgehead atoms. The number of hydrogen-bond acceptors (Lipinski definition) is 4. The zero-order chi connectivity index (χ0) is 18.7. The molecule has 0 saturated carbocycles. The first-order valence-corrected chi connectivity index (χ1v) is 7.88. The highest BCUT2D eigenvalue weighted by molar-refractivity contribution is 6.03. The normalized spacial score (nSPS) is 10.5. The van der Waals surface area contributed by atoms with Crippen LogP contribution >= 0.6 is 0 Å². The Morgan fingerprint density at radius 3 is 2.46 bits per heavy atom. The molecule has 1 heterocycles. The Morgan fingerprint density at radius 2 is 1.81 bits per heavy atom. The van der Waals surface area contributed by atoms with Gasteiger partial charge in [-0.2, -0.15) is 5.10 Å². The summed E-state index contributed by atoms with van der Waals surface area (Å²) in [5, 5.41) is 7.09. The number of rotatable bonds is 5. The van der Waals surface area contributed by atoms with Gasteiger partial charge in [-0.15, -0.1) is 0 Å². The SMILES string of the molecule is COc1ccc(NC(=O)c2cc(C)n(-c3ccc(F)cc3)n2)c(OC)c1. The molecule has 0 fully saturated rings. The average Bonchev–Trinajstić information content (AvgIpc) is 3.04. The number of carbonyl (C=O) groups excluding carboxylic acids is 1. The van der Waals surface area contributed by atoms with Crippen molar-refractivity contribution in [2.45, 2.75) is 6.92 Å². The van der Waals surface area contributed by atoms with Crippen molar-refractivity contribution >= 4 is 11.6 Å². The Morgan fingerprint density at radius 1 is 1.08 bits per heavy atom. The van der Waals surface area contributed by atoms with Gasteiger partial charge in [-0.3, -0.25) is 4.79 Å². The number of benzene rings is 2. The maximum atomic E-state index is 13.1. The minimum absolute atomic E-state index is 0.240. The van der Waals surface area contributed by atoms with Crippen molar-refractivity contribution < 1.29 is 18.7 Å². The topological polar surface area (TPSA) is 65.4 Å². The number of ether oxygens (including phenoxy) is 2. The van der Waals surface area contributed by atoms with Crippen LogP contribution in [0.5, 0.6) is 11.5 Å². The van der Waals surface area contributed by atoms with E-state index in [2.05, 4.69) is 10.4 Å². The molecule has 0 radical (unpaired) electrons. The lowest BCUT2D eigenvalue weighted by Gasteiger charge is -2.10. The maximum absolute atomic E-state index is 13.1. The number of aromatic nitrogens is 2. The zero-order valence-corrected chi connectivity index (χ0v) is 14.6. The van der Waals surface area contributed by atoms with Crippen LogP contribution in [0.15, 0.2) is 48.5 Å². The molecule has 1 aromatic heterocycles. The lowest BCUT2D eigenvalue weighted by atomic mass is 10.2. The molecule has 0 aliphatic rings. The van der Waals surface area contributed by atoms with Crippen molar-refractivity contribution in [2.24, 2.45) is 0 Å². The predicted octanol–water partition coefficient (Wildman–Crippen LogP) is 3.59. The molecule has 1 amide bonds. The van der Waals surface area contributed by atoms with Crippen molar-refractivity contribution in [1.29, 1.82) is 0 Å². The monoisotopic (exact) mass is 355 g/mol. The summed E-state index contributed by atoms with van der Waals surface area (Å²) in [4.78, 5) is 12.6. The number of halogens is 1. The van der Waals surface area contributed by atoms with Crippen LogP contribution in [0.4, 0.5) is 10.1 Å². The van der Waals surface area contributed by atoms with Crippen LogP contribution in [0, 0.1) is 12.7 Å². The van der Waals surface area contributed by atoms with Gasteiger partial charge in [-0.05, 0) is 49.4 Å². The largest absolute Gasteiger partial charge is 0.497 e. The number of carbonyl (C=O) groups is 1. The van der Waals surface area contributed by atoms with Crippen LogP contribution in [0.1, 0.15) is 16.2 Å². The van der Waals surface area contributed by atoms with Crippen LogP contribution < -0.4 is 14.8 Å². The standard InChI is InChI=1S/C19H18FN3O3/c1-12-10-17(22-23(12)14-6-4-13(20)5-7-14)19(24)21-16-9-8-15(25-2)11-18(16)26-3/h4-11H,1-3H3,(H,21,24). The van der Waals surface area contributed by atoms with E-state index in [0.29, 0.717) is 22.9 Å². The van der Waals surface area contributed by atoms with Gasteiger partial charge in [0.25, 0.3) is 5.91 Å². The second-order valence-electron chi connectivity index (χ2n) is 5.58. The van der Waals surface area contributed by atoms with Crippen LogP contribution in [-0.4, -0.2) is 29.9 Å². The first-order chi connectivity index (χ1) is 12.5. The van der Waals surface area contributed by atoms with Gasteiger partial charge in [0.15, 0.2) is 5.69 Å². The van der Waals surface area contributed by atoms with Gasteiger partial charge in [0.2, 0.25) is 0 Å². The fourth-order valence-corrected chi connectivity index (χ4v) is 2.52. The molecule has 0 atom stereocenters. The van der Waals surface area contributed by atoms with E-state index in [-0.39, 0.29) is 17.4 Å². The van der Waals surface area contributed by atoms with Gasteiger partial charge in [0.05, 0.1) is 25.6 Å². The Hall–Kier alpha value is -3.35. The highest BCUT2D eigenvalue weighted by Gasteiger charge is 2.16. The summed E-state index contributed by atoms with van der Waals surface area (Å²) in [5.74, 6) is 0.393. The van der Waals surface area contributed by atoms with E-state index in [1.54, 1.807) is 48.2 Å². The molecule has 0 spiro atoms. The zero-order valence-electron chi connectivity index (χ0n) is 14.6. The third-order valence-electron chi connectivity index (χ3n) is 3.85. The van der Waals surface area contributed by atoms with Crippen LogP contribution in [0.2, 0.25) is 0 Å². The van der Waals surface area contributed by atoms with Crippen molar-refractivity contribution in [3.8, 4) is 17.2 Å². The van der Waals surface area contributed by atoms with Gasteiger partial charge >= 0.3 is 0 Å². The quantitative estimate of drug-likeness (QED) is 0.760. The van der Waals surface area contributed by atoms with Crippen molar-refractivity contribution in [3.63, 3.8) is 0 Å². The highest BCUT2D eigenvalue weighted by atomic mass is 19.1. The first kappa shape index (κ1) is 17.5. The molecule has 1 N–H and O–H groups in total.